The quantitative estimate of drug-likeness (QED) is 0.771. The third-order valence-corrected chi connectivity index (χ3v) is 7.84. The molecular weight excluding hydrogens is 374 g/mol. The van der Waals surface area contributed by atoms with E-state index in [0.717, 1.165) is 30.3 Å². The number of piperidine rings is 3. The Balaban J connectivity index is 1.41. The number of fused-ring (bicyclic) bond motifs is 5. The van der Waals surface area contributed by atoms with Crippen LogP contribution in [0.3, 0.4) is 0 Å². The summed E-state index contributed by atoms with van der Waals surface area (Å²) < 4.78 is 1.78. The number of aromatic nitrogens is 3. The van der Waals surface area contributed by atoms with Gasteiger partial charge in [0.25, 0.3) is 5.91 Å². The molecule has 2 bridgehead atoms. The minimum atomic E-state index is 0.138. The molecule has 5 heterocycles. The van der Waals surface area contributed by atoms with E-state index in [2.05, 4.69) is 33.7 Å². The van der Waals surface area contributed by atoms with Gasteiger partial charge in [0.05, 0.1) is 17.5 Å². The zero-order valence-electron chi connectivity index (χ0n) is 18.6. The van der Waals surface area contributed by atoms with E-state index in [4.69, 9.17) is 0 Å². The monoisotopic (exact) mass is 409 g/mol. The molecule has 0 unspecified atom stereocenters. The molecule has 6 heteroatoms. The van der Waals surface area contributed by atoms with E-state index in [9.17, 15) is 4.79 Å². The highest BCUT2D eigenvalue weighted by Crippen LogP contribution is 2.43. The number of hydrogen-bond acceptors (Lipinski definition) is 4. The Morgan fingerprint density at radius 1 is 1.23 bits per heavy atom. The predicted octanol–water partition coefficient (Wildman–Crippen LogP) is 3.79. The van der Waals surface area contributed by atoms with Crippen LogP contribution >= 0.6 is 0 Å². The first-order valence-corrected chi connectivity index (χ1v) is 11.9. The van der Waals surface area contributed by atoms with Gasteiger partial charge in [-0.2, -0.15) is 5.10 Å². The third kappa shape index (κ3) is 3.43. The molecule has 1 amide bonds. The number of hydrogen-bond donors (Lipinski definition) is 0. The van der Waals surface area contributed by atoms with Crippen LogP contribution in [-0.2, 0) is 0 Å². The number of nitrogens with zero attached hydrogens (tertiary/aromatic N) is 5. The number of rotatable bonds is 4. The Labute approximate surface area is 179 Å². The fraction of sp³-hybridized carbons (Fsp3) is 0.708. The summed E-state index contributed by atoms with van der Waals surface area (Å²) in [5.74, 6) is 2.09. The van der Waals surface area contributed by atoms with Crippen molar-refractivity contribution in [1.29, 1.82) is 0 Å². The van der Waals surface area contributed by atoms with Crippen molar-refractivity contribution in [1.82, 2.24) is 24.4 Å². The molecule has 6 nitrogen and oxygen atoms in total. The Morgan fingerprint density at radius 2 is 2.07 bits per heavy atom. The Bertz CT molecular complexity index is 921. The molecule has 0 saturated carbocycles. The second-order valence-electron chi connectivity index (χ2n) is 10.2. The molecule has 0 radical (unpaired) electrons. The van der Waals surface area contributed by atoms with Crippen LogP contribution in [0.5, 0.6) is 0 Å². The molecule has 0 N–H and O–H groups in total. The van der Waals surface area contributed by atoms with Crippen molar-refractivity contribution in [2.75, 3.05) is 19.6 Å². The van der Waals surface area contributed by atoms with Gasteiger partial charge >= 0.3 is 0 Å². The summed E-state index contributed by atoms with van der Waals surface area (Å²) in [6.07, 6.45) is 11.3. The summed E-state index contributed by atoms with van der Waals surface area (Å²) in [4.78, 5) is 23.0. The van der Waals surface area contributed by atoms with Crippen molar-refractivity contribution in [2.24, 2.45) is 17.8 Å². The van der Waals surface area contributed by atoms with E-state index in [0.29, 0.717) is 29.5 Å². The first kappa shape index (κ1) is 20.0. The Hall–Kier alpha value is -1.95. The smallest absolute Gasteiger partial charge is 0.257 e. The summed E-state index contributed by atoms with van der Waals surface area (Å²) in [6.45, 7) is 9.68. The van der Waals surface area contributed by atoms with Crippen molar-refractivity contribution in [2.45, 2.75) is 71.4 Å². The highest BCUT2D eigenvalue weighted by molar-refractivity contribution is 5.95. The van der Waals surface area contributed by atoms with E-state index >= 15 is 0 Å². The van der Waals surface area contributed by atoms with Gasteiger partial charge in [0, 0.05) is 37.4 Å². The normalized spacial score (nSPS) is 29.4. The lowest BCUT2D eigenvalue weighted by Gasteiger charge is -2.57. The van der Waals surface area contributed by atoms with Gasteiger partial charge in [-0.15, -0.1) is 0 Å². The van der Waals surface area contributed by atoms with Crippen LogP contribution in [0.15, 0.2) is 18.5 Å². The highest BCUT2D eigenvalue weighted by Gasteiger charge is 2.47. The van der Waals surface area contributed by atoms with Gasteiger partial charge in [-0.25, -0.2) is 9.50 Å². The van der Waals surface area contributed by atoms with E-state index in [-0.39, 0.29) is 5.91 Å². The second-order valence-corrected chi connectivity index (χ2v) is 10.2. The first-order chi connectivity index (χ1) is 14.5. The van der Waals surface area contributed by atoms with Crippen molar-refractivity contribution in [3.8, 4) is 0 Å². The van der Waals surface area contributed by atoms with Gasteiger partial charge in [0.1, 0.15) is 0 Å². The second kappa shape index (κ2) is 7.95. The zero-order valence-corrected chi connectivity index (χ0v) is 18.6. The fourth-order valence-corrected chi connectivity index (χ4v) is 6.35. The lowest BCUT2D eigenvalue weighted by atomic mass is 9.71. The van der Waals surface area contributed by atoms with Crippen LogP contribution in [-0.4, -0.2) is 62.0 Å². The molecule has 2 aromatic heterocycles. The van der Waals surface area contributed by atoms with Crippen molar-refractivity contribution in [3.63, 3.8) is 0 Å². The number of likely N-dealkylation sites (tertiary alicyclic amines) is 1. The molecular formula is C24H35N5O. The van der Waals surface area contributed by atoms with E-state index in [1.807, 2.05) is 13.0 Å². The number of amides is 1. The zero-order chi connectivity index (χ0) is 20.8. The molecule has 3 aliphatic rings. The summed E-state index contributed by atoms with van der Waals surface area (Å²) in [7, 11) is 0. The Kier molecular flexibility index (Phi) is 5.30. The van der Waals surface area contributed by atoms with Crippen LogP contribution in [0, 0.1) is 24.7 Å². The average Bonchev–Trinajstić information content (AvgIpc) is 3.23. The summed E-state index contributed by atoms with van der Waals surface area (Å²) >= 11 is 0. The molecule has 4 atom stereocenters. The number of aryl methyl sites for hydroxylation is 1. The number of carbonyl (C=O) groups is 1. The maximum Gasteiger partial charge on any atom is 0.257 e. The van der Waals surface area contributed by atoms with Crippen LogP contribution in [0.2, 0.25) is 0 Å². The third-order valence-electron chi connectivity index (χ3n) is 7.84. The molecule has 0 aliphatic carbocycles. The fourth-order valence-electron chi connectivity index (χ4n) is 6.35. The lowest BCUT2D eigenvalue weighted by molar-refractivity contribution is -0.0682. The SMILES string of the molecule is Cc1c(C(=O)N2C[C@H]3C[C@@H](C2)[C@H](CCC(C)C)N2CCCC[C@@H]32)cnc2ccnn12. The standard InChI is InChI=1S/C24H35N5O/c1-16(2)7-8-22-19-12-18(21-6-4-5-11-28(21)22)14-27(15-19)24(30)20-13-25-23-9-10-26-29(23)17(20)3/h9-10,13,16,18-19,21-22H,4-8,11-12,14-15H2,1-3H3/t18-,19+,21+,22+/m1/s1. The largest absolute Gasteiger partial charge is 0.338 e. The van der Waals surface area contributed by atoms with Gasteiger partial charge in [0.15, 0.2) is 5.65 Å². The van der Waals surface area contributed by atoms with E-state index in [1.165, 1.54) is 45.1 Å². The van der Waals surface area contributed by atoms with E-state index < -0.39 is 0 Å². The van der Waals surface area contributed by atoms with Gasteiger partial charge in [-0.1, -0.05) is 20.3 Å². The topological polar surface area (TPSA) is 53.7 Å². The van der Waals surface area contributed by atoms with Crippen molar-refractivity contribution < 1.29 is 4.79 Å². The van der Waals surface area contributed by atoms with Crippen molar-refractivity contribution >= 4 is 11.6 Å². The molecule has 162 valence electrons. The summed E-state index contributed by atoms with van der Waals surface area (Å²) in [5, 5.41) is 4.35. The molecule has 3 fully saturated rings. The van der Waals surface area contributed by atoms with Gasteiger partial charge in [-0.3, -0.25) is 9.69 Å². The summed E-state index contributed by atoms with van der Waals surface area (Å²) in [6, 6.07) is 3.18. The van der Waals surface area contributed by atoms with Gasteiger partial charge < -0.3 is 4.90 Å². The molecule has 3 aliphatic heterocycles. The maximum atomic E-state index is 13.6. The van der Waals surface area contributed by atoms with Crippen LogP contribution in [0.1, 0.15) is 68.4 Å². The van der Waals surface area contributed by atoms with E-state index in [1.54, 1.807) is 16.9 Å². The minimum absolute atomic E-state index is 0.138. The Morgan fingerprint density at radius 3 is 2.90 bits per heavy atom. The molecule has 3 saturated heterocycles. The van der Waals surface area contributed by atoms with Crippen LogP contribution in [0.4, 0.5) is 0 Å². The predicted molar refractivity (Wildman–Crippen MR) is 117 cm³/mol. The van der Waals surface area contributed by atoms with Gasteiger partial charge in [0.2, 0.25) is 0 Å². The van der Waals surface area contributed by atoms with Crippen LogP contribution in [0.25, 0.3) is 5.65 Å². The van der Waals surface area contributed by atoms with Gasteiger partial charge in [-0.05, 0) is 63.3 Å². The summed E-state index contributed by atoms with van der Waals surface area (Å²) in [5.41, 5.74) is 2.39. The molecule has 2 aromatic rings. The molecule has 0 aromatic carbocycles. The molecule has 30 heavy (non-hydrogen) atoms. The maximum absolute atomic E-state index is 13.6. The van der Waals surface area contributed by atoms with Crippen LogP contribution < -0.4 is 0 Å². The minimum Gasteiger partial charge on any atom is -0.338 e. The first-order valence-electron chi connectivity index (χ1n) is 11.9. The molecule has 5 rings (SSSR count). The highest BCUT2D eigenvalue weighted by atomic mass is 16.2. The number of carbonyl (C=O) groups excluding carboxylic acids is 1. The van der Waals surface area contributed by atoms with Crippen molar-refractivity contribution in [3.05, 3.63) is 29.7 Å². The average molecular weight is 410 g/mol. The molecule has 0 spiro atoms. The lowest BCUT2D eigenvalue weighted by Crippen LogP contribution is -2.64.